The predicted molar refractivity (Wildman–Crippen MR) is 65.6 cm³/mol. The van der Waals surface area contributed by atoms with Crippen LogP contribution >= 0.6 is 0 Å². The van der Waals surface area contributed by atoms with Gasteiger partial charge in [-0.3, -0.25) is 19.5 Å². The van der Waals surface area contributed by atoms with Crippen molar-refractivity contribution in [1.82, 2.24) is 9.88 Å². The summed E-state index contributed by atoms with van der Waals surface area (Å²) in [7, 11) is 0. The molecule has 5 nitrogen and oxygen atoms in total. The van der Waals surface area contributed by atoms with Crippen LogP contribution in [0.5, 0.6) is 0 Å². The van der Waals surface area contributed by atoms with Crippen LogP contribution in [0.25, 0.3) is 0 Å². The molecule has 3 rings (SSSR count). The van der Waals surface area contributed by atoms with Crippen molar-refractivity contribution in [1.29, 1.82) is 0 Å². The normalized spacial score (nSPS) is 25.3. The molecule has 1 aromatic heterocycles. The third kappa shape index (κ3) is 1.75. The number of carbonyl (C=O) groups excluding carboxylic acids is 2. The van der Waals surface area contributed by atoms with Gasteiger partial charge in [0.1, 0.15) is 0 Å². The summed E-state index contributed by atoms with van der Waals surface area (Å²) in [5.41, 5.74) is 1.71. The quantitative estimate of drug-likeness (QED) is 0.804. The van der Waals surface area contributed by atoms with Crippen molar-refractivity contribution in [2.24, 2.45) is 11.8 Å². The number of nitrogens with one attached hydrogen (secondary N) is 1. The fourth-order valence-electron chi connectivity index (χ4n) is 2.45. The number of aromatic nitrogens is 1. The maximum absolute atomic E-state index is 11.8. The van der Waals surface area contributed by atoms with Crippen molar-refractivity contribution < 1.29 is 9.59 Å². The highest BCUT2D eigenvalue weighted by Gasteiger charge is 2.58. The first-order valence-electron chi connectivity index (χ1n) is 6.24. The van der Waals surface area contributed by atoms with Gasteiger partial charge in [0.05, 0.1) is 24.1 Å². The number of fused-ring (bicyclic) bond motifs is 1. The number of pyridine rings is 1. The predicted octanol–water partition coefficient (Wildman–Crippen LogP) is 1.02. The second kappa shape index (κ2) is 4.08. The number of imide groups is 1. The first-order valence-corrected chi connectivity index (χ1v) is 6.24. The first kappa shape index (κ1) is 11.2. The summed E-state index contributed by atoms with van der Waals surface area (Å²) in [5.74, 6) is -0.120. The van der Waals surface area contributed by atoms with Gasteiger partial charge >= 0.3 is 0 Å². The molecule has 1 aliphatic carbocycles. The highest BCUT2D eigenvalue weighted by atomic mass is 16.2. The number of hydrogen-bond acceptors (Lipinski definition) is 4. The molecule has 0 bridgehead atoms. The van der Waals surface area contributed by atoms with Gasteiger partial charge in [0.2, 0.25) is 11.8 Å². The molecule has 1 saturated heterocycles. The Kier molecular flexibility index (Phi) is 2.54. The smallest absolute Gasteiger partial charge is 0.233 e. The van der Waals surface area contributed by atoms with Gasteiger partial charge in [0.15, 0.2) is 0 Å². The van der Waals surface area contributed by atoms with Crippen LogP contribution in [0, 0.1) is 11.8 Å². The van der Waals surface area contributed by atoms with E-state index in [-0.39, 0.29) is 23.7 Å². The highest BCUT2D eigenvalue weighted by Crippen LogP contribution is 2.47. The van der Waals surface area contributed by atoms with E-state index in [4.69, 9.17) is 0 Å². The Bertz CT molecular complexity index is 495. The van der Waals surface area contributed by atoms with Crippen LogP contribution in [0.1, 0.15) is 19.0 Å². The Morgan fingerprint density at radius 3 is 2.78 bits per heavy atom. The third-order valence-electron chi connectivity index (χ3n) is 3.47. The van der Waals surface area contributed by atoms with Crippen LogP contribution in [-0.4, -0.2) is 28.2 Å². The maximum atomic E-state index is 11.8. The average molecular weight is 245 g/mol. The zero-order valence-corrected chi connectivity index (χ0v) is 10.2. The summed E-state index contributed by atoms with van der Waals surface area (Å²) in [4.78, 5) is 29.2. The molecule has 0 spiro atoms. The van der Waals surface area contributed by atoms with E-state index >= 15 is 0 Å². The number of anilines is 1. The topological polar surface area (TPSA) is 62.3 Å². The van der Waals surface area contributed by atoms with Gasteiger partial charge in [-0.1, -0.05) is 0 Å². The summed E-state index contributed by atoms with van der Waals surface area (Å²) < 4.78 is 0. The fourth-order valence-corrected chi connectivity index (χ4v) is 2.45. The van der Waals surface area contributed by atoms with Crippen molar-refractivity contribution >= 4 is 17.5 Å². The molecule has 18 heavy (non-hydrogen) atoms. The number of nitrogens with zero attached hydrogens (tertiary/aromatic N) is 2. The van der Waals surface area contributed by atoms with E-state index < -0.39 is 0 Å². The molecule has 2 unspecified atom stereocenters. The van der Waals surface area contributed by atoms with Crippen LogP contribution in [-0.2, 0) is 16.1 Å². The van der Waals surface area contributed by atoms with Crippen molar-refractivity contribution in [3.63, 3.8) is 0 Å². The molecular weight excluding hydrogens is 230 g/mol. The molecule has 1 aromatic rings. The minimum atomic E-state index is -0.0329. The van der Waals surface area contributed by atoms with E-state index in [2.05, 4.69) is 10.3 Å². The largest absolute Gasteiger partial charge is 0.385 e. The van der Waals surface area contributed by atoms with Gasteiger partial charge in [0, 0.05) is 18.4 Å². The zero-order valence-electron chi connectivity index (χ0n) is 10.2. The van der Waals surface area contributed by atoms with Gasteiger partial charge in [-0.15, -0.1) is 0 Å². The Labute approximate surface area is 105 Å². The average Bonchev–Trinajstić information content (AvgIpc) is 3.11. The van der Waals surface area contributed by atoms with Crippen LogP contribution in [0.15, 0.2) is 18.3 Å². The summed E-state index contributed by atoms with van der Waals surface area (Å²) >= 11 is 0. The summed E-state index contributed by atoms with van der Waals surface area (Å²) in [6.45, 7) is 3.14. The van der Waals surface area contributed by atoms with Crippen molar-refractivity contribution in [3.8, 4) is 0 Å². The Balaban J connectivity index is 1.74. The highest BCUT2D eigenvalue weighted by molar-refractivity contribution is 6.08. The lowest BCUT2D eigenvalue weighted by Gasteiger charge is -2.16. The molecule has 1 N–H and O–H groups in total. The second-order valence-corrected chi connectivity index (χ2v) is 4.78. The van der Waals surface area contributed by atoms with Crippen molar-refractivity contribution in [2.75, 3.05) is 11.9 Å². The summed E-state index contributed by atoms with van der Waals surface area (Å²) in [6, 6.07) is 3.76. The number of carbonyl (C=O) groups is 2. The molecule has 0 radical (unpaired) electrons. The van der Waals surface area contributed by atoms with Gasteiger partial charge < -0.3 is 5.32 Å². The minimum absolute atomic E-state index is 0.0272. The standard InChI is InChI=1S/C13H15N3O2/c1-2-14-8-3-4-15-9(5-8)7-16-12(17)10-6-11(10)13(16)18/h3-5,10-11H,2,6-7H2,1H3,(H,14,15). The lowest BCUT2D eigenvalue weighted by atomic mass is 10.3. The molecule has 2 atom stereocenters. The van der Waals surface area contributed by atoms with E-state index in [1.807, 2.05) is 19.1 Å². The fraction of sp³-hybridized carbons (Fsp3) is 0.462. The number of piperidine rings is 1. The number of amides is 2. The number of hydrogen-bond donors (Lipinski definition) is 1. The lowest BCUT2D eigenvalue weighted by Crippen LogP contribution is -2.32. The second-order valence-electron chi connectivity index (χ2n) is 4.78. The zero-order chi connectivity index (χ0) is 12.7. The molecule has 1 saturated carbocycles. The third-order valence-corrected chi connectivity index (χ3v) is 3.47. The lowest BCUT2D eigenvalue weighted by molar-refractivity contribution is -0.142. The van der Waals surface area contributed by atoms with Crippen LogP contribution < -0.4 is 5.32 Å². The summed E-state index contributed by atoms with van der Waals surface area (Å²) in [5, 5.41) is 3.18. The molecule has 5 heteroatoms. The SMILES string of the molecule is CCNc1ccnc(CN2C(=O)C3CC3C2=O)c1. The monoisotopic (exact) mass is 245 g/mol. The first-order chi connectivity index (χ1) is 8.70. The van der Waals surface area contributed by atoms with E-state index in [0.29, 0.717) is 6.54 Å². The molecule has 2 amide bonds. The Morgan fingerprint density at radius 2 is 2.11 bits per heavy atom. The number of likely N-dealkylation sites (tertiary alicyclic amines) is 1. The van der Waals surface area contributed by atoms with Crippen LogP contribution in [0.4, 0.5) is 5.69 Å². The van der Waals surface area contributed by atoms with E-state index in [0.717, 1.165) is 24.3 Å². The van der Waals surface area contributed by atoms with Crippen molar-refractivity contribution in [3.05, 3.63) is 24.0 Å². The van der Waals surface area contributed by atoms with Crippen molar-refractivity contribution in [2.45, 2.75) is 19.9 Å². The van der Waals surface area contributed by atoms with Crippen LogP contribution in [0.3, 0.4) is 0 Å². The van der Waals surface area contributed by atoms with Gasteiger partial charge in [-0.25, -0.2) is 0 Å². The van der Waals surface area contributed by atoms with E-state index in [1.54, 1.807) is 6.20 Å². The van der Waals surface area contributed by atoms with E-state index in [1.165, 1.54) is 4.90 Å². The molecule has 94 valence electrons. The maximum Gasteiger partial charge on any atom is 0.233 e. The Morgan fingerprint density at radius 1 is 1.39 bits per heavy atom. The minimum Gasteiger partial charge on any atom is -0.385 e. The molecule has 2 aliphatic rings. The van der Waals surface area contributed by atoms with Gasteiger partial charge in [0.25, 0.3) is 0 Å². The molecule has 0 aromatic carbocycles. The van der Waals surface area contributed by atoms with Crippen LogP contribution in [0.2, 0.25) is 0 Å². The molecule has 2 fully saturated rings. The van der Waals surface area contributed by atoms with Gasteiger partial charge in [-0.2, -0.15) is 0 Å². The Hall–Kier alpha value is -1.91. The molecule has 1 aliphatic heterocycles. The molecular formula is C13H15N3O2. The van der Waals surface area contributed by atoms with Gasteiger partial charge in [-0.05, 0) is 25.5 Å². The molecule has 2 heterocycles. The van der Waals surface area contributed by atoms with E-state index in [9.17, 15) is 9.59 Å². The number of rotatable bonds is 4. The summed E-state index contributed by atoms with van der Waals surface area (Å²) in [6.07, 6.45) is 2.44.